The van der Waals surface area contributed by atoms with E-state index in [-0.39, 0.29) is 23.1 Å². The molecule has 1 saturated heterocycles. The van der Waals surface area contributed by atoms with Crippen LogP contribution in [-0.4, -0.2) is 48.8 Å². The Morgan fingerprint density at radius 3 is 2.00 bits per heavy atom. The maximum absolute atomic E-state index is 13.5. The van der Waals surface area contributed by atoms with Crippen molar-refractivity contribution in [2.24, 2.45) is 29.1 Å². The maximum Gasteiger partial charge on any atom is 0.251 e. The average Bonchev–Trinajstić information content (AvgIpc) is 2.81. The van der Waals surface area contributed by atoms with E-state index >= 15 is 0 Å². The van der Waals surface area contributed by atoms with Gasteiger partial charge >= 0.3 is 0 Å². The summed E-state index contributed by atoms with van der Waals surface area (Å²) in [5.41, 5.74) is 0.538. The fraction of sp³-hybridized carbons (Fsp3) is 0.654. The minimum absolute atomic E-state index is 0.0414. The Morgan fingerprint density at radius 2 is 1.41 bits per heavy atom. The molecule has 1 aliphatic heterocycles. The molecule has 2 N–H and O–H groups in total. The highest BCUT2D eigenvalue weighted by Crippen LogP contribution is 2.60. The van der Waals surface area contributed by atoms with E-state index in [1.807, 2.05) is 18.2 Å². The second kappa shape index (κ2) is 8.87. The highest BCUT2D eigenvalue weighted by atomic mass is 16.2. The number of nitrogens with one attached hydrogen (secondary N) is 2. The molecule has 4 aliphatic carbocycles. The van der Waals surface area contributed by atoms with Gasteiger partial charge in [0.25, 0.3) is 5.91 Å². The summed E-state index contributed by atoms with van der Waals surface area (Å²) in [6, 6.07) is 9.08. The van der Waals surface area contributed by atoms with Gasteiger partial charge in [-0.3, -0.25) is 14.4 Å². The van der Waals surface area contributed by atoms with Crippen molar-refractivity contribution in [3.05, 3.63) is 35.9 Å². The van der Waals surface area contributed by atoms with Gasteiger partial charge in [-0.05, 0) is 81.3 Å². The van der Waals surface area contributed by atoms with Crippen molar-refractivity contribution in [3.8, 4) is 0 Å². The lowest BCUT2D eigenvalue weighted by Gasteiger charge is -2.57. The van der Waals surface area contributed by atoms with Crippen LogP contribution in [0.3, 0.4) is 0 Å². The molecule has 4 bridgehead atoms. The van der Waals surface area contributed by atoms with Crippen LogP contribution in [0.5, 0.6) is 0 Å². The third kappa shape index (κ3) is 4.28. The highest BCUT2D eigenvalue weighted by Gasteiger charge is 2.55. The van der Waals surface area contributed by atoms with Crippen LogP contribution in [-0.2, 0) is 9.59 Å². The monoisotopic (exact) mass is 437 g/mol. The predicted molar refractivity (Wildman–Crippen MR) is 122 cm³/mol. The molecule has 0 spiro atoms. The topological polar surface area (TPSA) is 78.5 Å². The Labute approximate surface area is 190 Å². The Morgan fingerprint density at radius 1 is 0.844 bits per heavy atom. The summed E-state index contributed by atoms with van der Waals surface area (Å²) >= 11 is 0. The van der Waals surface area contributed by atoms with E-state index in [4.69, 9.17) is 0 Å². The molecule has 6 nitrogen and oxygen atoms in total. The first kappa shape index (κ1) is 21.5. The number of benzene rings is 1. The van der Waals surface area contributed by atoms with Gasteiger partial charge in [0, 0.05) is 37.7 Å². The van der Waals surface area contributed by atoms with Crippen molar-refractivity contribution in [2.75, 3.05) is 26.2 Å². The van der Waals surface area contributed by atoms with Crippen LogP contribution in [0.1, 0.15) is 61.7 Å². The van der Waals surface area contributed by atoms with Gasteiger partial charge in [-0.15, -0.1) is 0 Å². The summed E-state index contributed by atoms with van der Waals surface area (Å²) in [6.45, 7) is 2.22. The Kier molecular flexibility index (Phi) is 5.95. The zero-order valence-electron chi connectivity index (χ0n) is 18.9. The minimum atomic E-state index is -0.128. The van der Waals surface area contributed by atoms with E-state index in [1.165, 1.54) is 19.3 Å². The summed E-state index contributed by atoms with van der Waals surface area (Å²) in [5.74, 6) is 2.58. The van der Waals surface area contributed by atoms with Crippen LogP contribution >= 0.6 is 0 Å². The fourth-order valence-electron chi connectivity index (χ4n) is 7.25. The molecule has 0 aromatic heterocycles. The molecule has 0 atom stereocenters. The highest BCUT2D eigenvalue weighted by molar-refractivity contribution is 5.94. The van der Waals surface area contributed by atoms with E-state index in [2.05, 4.69) is 15.5 Å². The first-order valence-corrected chi connectivity index (χ1v) is 12.4. The summed E-state index contributed by atoms with van der Waals surface area (Å²) in [5, 5.41) is 5.79. The number of carbonyl (C=O) groups excluding carboxylic acids is 3. The lowest BCUT2D eigenvalue weighted by molar-refractivity contribution is -0.159. The number of rotatable bonds is 6. The van der Waals surface area contributed by atoms with Gasteiger partial charge in [0.05, 0.1) is 5.41 Å². The van der Waals surface area contributed by atoms with Crippen molar-refractivity contribution in [2.45, 2.75) is 51.4 Å². The van der Waals surface area contributed by atoms with E-state index < -0.39 is 0 Å². The molecule has 1 heterocycles. The van der Waals surface area contributed by atoms with Crippen molar-refractivity contribution < 1.29 is 14.4 Å². The average molecular weight is 438 g/mol. The van der Waals surface area contributed by atoms with Gasteiger partial charge in [0.2, 0.25) is 11.8 Å². The molecular formula is C26H35N3O3. The summed E-state index contributed by atoms with van der Waals surface area (Å²) in [6.07, 6.45) is 8.83. The molecule has 32 heavy (non-hydrogen) atoms. The van der Waals surface area contributed by atoms with Crippen LogP contribution in [0.4, 0.5) is 0 Å². The van der Waals surface area contributed by atoms with Crippen LogP contribution < -0.4 is 10.6 Å². The Balaban J connectivity index is 1.05. The third-order valence-corrected chi connectivity index (χ3v) is 8.39. The van der Waals surface area contributed by atoms with Gasteiger partial charge in [0.1, 0.15) is 0 Å². The number of piperidine rings is 1. The maximum atomic E-state index is 13.5. The molecule has 1 aromatic rings. The molecule has 0 unspecified atom stereocenters. The number of carbonyl (C=O) groups is 3. The van der Waals surface area contributed by atoms with Crippen LogP contribution in [0.15, 0.2) is 30.3 Å². The zero-order chi connectivity index (χ0) is 22.1. The zero-order valence-corrected chi connectivity index (χ0v) is 18.9. The number of nitrogens with zero attached hydrogens (tertiary/aromatic N) is 1. The molecule has 6 heteroatoms. The van der Waals surface area contributed by atoms with Gasteiger partial charge < -0.3 is 15.5 Å². The van der Waals surface area contributed by atoms with Gasteiger partial charge in [-0.25, -0.2) is 0 Å². The van der Waals surface area contributed by atoms with Crippen molar-refractivity contribution >= 4 is 17.7 Å². The van der Waals surface area contributed by atoms with Gasteiger partial charge in [0.15, 0.2) is 0 Å². The Bertz CT molecular complexity index is 825. The number of amides is 3. The fourth-order valence-corrected chi connectivity index (χ4v) is 7.25. The number of hydrogen-bond donors (Lipinski definition) is 2. The molecule has 3 amide bonds. The Hall–Kier alpha value is -2.37. The number of likely N-dealkylation sites (tertiary alicyclic amines) is 1. The van der Waals surface area contributed by atoms with E-state index in [9.17, 15) is 14.4 Å². The third-order valence-electron chi connectivity index (χ3n) is 8.39. The standard InChI is InChI=1S/C26H35N3O3/c30-23(21-4-2-1-3-5-21)27-8-9-28-24(31)22-6-10-29(11-7-22)25(32)26-15-18-12-19(16-26)14-20(13-18)17-26/h1-5,18-20,22H,6-17H2,(H,27,30)(H,28,31). The summed E-state index contributed by atoms with van der Waals surface area (Å²) < 4.78 is 0. The predicted octanol–water partition coefficient (Wildman–Crippen LogP) is 2.99. The minimum Gasteiger partial charge on any atom is -0.354 e. The molecule has 172 valence electrons. The van der Waals surface area contributed by atoms with E-state index in [0.717, 1.165) is 49.9 Å². The first-order valence-electron chi connectivity index (χ1n) is 12.4. The SMILES string of the molecule is O=C(NCCNC(=O)C1CCN(C(=O)C23CC4CC(CC(C4)C2)C3)CC1)c1ccccc1. The molecular weight excluding hydrogens is 402 g/mol. The molecule has 0 radical (unpaired) electrons. The molecule has 5 fully saturated rings. The second-order valence-corrected chi connectivity index (χ2v) is 10.7. The van der Waals surface area contributed by atoms with Gasteiger partial charge in [-0.1, -0.05) is 18.2 Å². The van der Waals surface area contributed by atoms with Crippen LogP contribution in [0.25, 0.3) is 0 Å². The van der Waals surface area contributed by atoms with Crippen LogP contribution in [0, 0.1) is 29.1 Å². The molecule has 4 saturated carbocycles. The van der Waals surface area contributed by atoms with E-state index in [1.54, 1.807) is 12.1 Å². The van der Waals surface area contributed by atoms with E-state index in [0.29, 0.717) is 37.6 Å². The molecule has 1 aromatic carbocycles. The summed E-state index contributed by atoms with van der Waals surface area (Å²) in [4.78, 5) is 40.2. The smallest absolute Gasteiger partial charge is 0.251 e. The van der Waals surface area contributed by atoms with Crippen molar-refractivity contribution in [3.63, 3.8) is 0 Å². The first-order chi connectivity index (χ1) is 15.5. The lowest BCUT2D eigenvalue weighted by atomic mass is 9.49. The van der Waals surface area contributed by atoms with Gasteiger partial charge in [-0.2, -0.15) is 0 Å². The normalized spacial score (nSPS) is 31.4. The molecule has 6 rings (SSSR count). The second-order valence-electron chi connectivity index (χ2n) is 10.7. The lowest BCUT2D eigenvalue weighted by Crippen LogP contribution is -2.56. The number of hydrogen-bond acceptors (Lipinski definition) is 3. The largest absolute Gasteiger partial charge is 0.354 e. The quantitative estimate of drug-likeness (QED) is 0.672. The van der Waals surface area contributed by atoms with Crippen molar-refractivity contribution in [1.29, 1.82) is 0 Å². The van der Waals surface area contributed by atoms with Crippen LogP contribution in [0.2, 0.25) is 0 Å². The summed E-state index contributed by atoms with van der Waals surface area (Å²) in [7, 11) is 0. The van der Waals surface area contributed by atoms with Crippen molar-refractivity contribution in [1.82, 2.24) is 15.5 Å². The molecule has 5 aliphatic rings.